The van der Waals surface area contributed by atoms with Crippen molar-refractivity contribution in [3.05, 3.63) is 39.3 Å². The van der Waals surface area contributed by atoms with Gasteiger partial charge in [-0.05, 0) is 31.5 Å². The molecule has 24 heavy (non-hydrogen) atoms. The number of halogens is 2. The van der Waals surface area contributed by atoms with E-state index in [1.807, 2.05) is 30.9 Å². The number of piperazine rings is 1. The number of nitrogens with one attached hydrogen (secondary N) is 1. The van der Waals surface area contributed by atoms with Crippen LogP contribution in [0.25, 0.3) is 0 Å². The lowest BCUT2D eigenvalue weighted by molar-refractivity contribution is 0.185. The second-order valence-electron chi connectivity index (χ2n) is 5.82. The average Bonchev–Trinajstić information content (AvgIpc) is 2.94. The predicted molar refractivity (Wildman–Crippen MR) is 101 cm³/mol. The summed E-state index contributed by atoms with van der Waals surface area (Å²) in [5.74, 6) is 0. The maximum atomic E-state index is 12.4. The number of amides is 2. The van der Waals surface area contributed by atoms with Crippen LogP contribution in [0.5, 0.6) is 0 Å². The molecule has 2 aromatic rings. The van der Waals surface area contributed by atoms with Gasteiger partial charge in [0.05, 0.1) is 6.20 Å². The summed E-state index contributed by atoms with van der Waals surface area (Å²) in [5.41, 5.74) is 2.15. The van der Waals surface area contributed by atoms with Gasteiger partial charge in [-0.3, -0.25) is 5.32 Å². The van der Waals surface area contributed by atoms with E-state index in [9.17, 15) is 4.79 Å². The zero-order valence-electron chi connectivity index (χ0n) is 13.4. The number of thiazole rings is 1. The van der Waals surface area contributed by atoms with Crippen molar-refractivity contribution < 1.29 is 4.79 Å². The first-order chi connectivity index (χ1) is 11.4. The summed E-state index contributed by atoms with van der Waals surface area (Å²) >= 11 is 13.3. The van der Waals surface area contributed by atoms with Gasteiger partial charge in [0.1, 0.15) is 4.34 Å². The molecule has 1 aromatic carbocycles. The number of hydrogen-bond donors (Lipinski definition) is 1. The summed E-state index contributed by atoms with van der Waals surface area (Å²) in [5, 5.41) is 4.09. The molecule has 128 valence electrons. The van der Waals surface area contributed by atoms with Gasteiger partial charge >= 0.3 is 6.03 Å². The van der Waals surface area contributed by atoms with Crippen molar-refractivity contribution in [3.63, 3.8) is 0 Å². The number of rotatable bonds is 2. The number of carbonyl (C=O) groups excluding carboxylic acids is 1. The summed E-state index contributed by atoms with van der Waals surface area (Å²) in [7, 11) is 0. The Labute approximate surface area is 155 Å². The lowest BCUT2D eigenvalue weighted by Gasteiger charge is -2.40. The van der Waals surface area contributed by atoms with Gasteiger partial charge in [0, 0.05) is 36.4 Å². The molecule has 0 radical (unpaired) electrons. The molecule has 1 saturated heterocycles. The number of urea groups is 1. The van der Waals surface area contributed by atoms with E-state index in [2.05, 4.69) is 21.3 Å². The minimum atomic E-state index is -0.143. The Morgan fingerprint density at radius 2 is 2.17 bits per heavy atom. The summed E-state index contributed by atoms with van der Waals surface area (Å²) < 4.78 is 0.555. The molecule has 0 aliphatic carbocycles. The maximum absolute atomic E-state index is 12.4. The van der Waals surface area contributed by atoms with Gasteiger partial charge in [-0.15, -0.1) is 0 Å². The molecule has 1 fully saturated rings. The van der Waals surface area contributed by atoms with Crippen molar-refractivity contribution in [1.82, 2.24) is 9.88 Å². The number of carbonyl (C=O) groups is 1. The summed E-state index contributed by atoms with van der Waals surface area (Å²) in [6, 6.07) is 6.01. The smallest absolute Gasteiger partial charge is 0.324 e. The standard InChI is InChI=1S/C16H18Cl2N4OS/c1-10-3-4-12(7-13(10)17)21-5-6-22(11(2)9-21)16(23)20-15-19-8-14(18)24-15/h3-4,7-8,11H,5-6,9H2,1-2H3,(H,19,20,23). The third kappa shape index (κ3) is 3.77. The lowest BCUT2D eigenvalue weighted by Crippen LogP contribution is -2.55. The fourth-order valence-electron chi connectivity index (χ4n) is 2.75. The first-order valence-corrected chi connectivity index (χ1v) is 9.21. The van der Waals surface area contributed by atoms with Crippen LogP contribution in [0.2, 0.25) is 9.36 Å². The number of nitrogens with zero attached hydrogens (tertiary/aromatic N) is 3. The molecule has 0 spiro atoms. The van der Waals surface area contributed by atoms with Crippen LogP contribution in [-0.2, 0) is 0 Å². The van der Waals surface area contributed by atoms with Crippen molar-refractivity contribution in [2.45, 2.75) is 19.9 Å². The van der Waals surface area contributed by atoms with Crippen molar-refractivity contribution >= 4 is 51.4 Å². The first-order valence-electron chi connectivity index (χ1n) is 7.64. The molecular weight excluding hydrogens is 367 g/mol. The molecule has 1 unspecified atom stereocenters. The van der Waals surface area contributed by atoms with Crippen LogP contribution in [0.4, 0.5) is 15.6 Å². The van der Waals surface area contributed by atoms with Crippen LogP contribution < -0.4 is 10.2 Å². The minimum Gasteiger partial charge on any atom is -0.368 e. The largest absolute Gasteiger partial charge is 0.368 e. The fraction of sp³-hybridized carbons (Fsp3) is 0.375. The van der Waals surface area contributed by atoms with Crippen LogP contribution in [-0.4, -0.2) is 41.6 Å². The molecule has 0 saturated carbocycles. The molecule has 1 aliphatic heterocycles. The molecule has 1 aliphatic rings. The van der Waals surface area contributed by atoms with Gasteiger partial charge in [-0.25, -0.2) is 9.78 Å². The minimum absolute atomic E-state index is 0.0780. The summed E-state index contributed by atoms with van der Waals surface area (Å²) in [6.45, 7) is 6.18. The Kier molecular flexibility index (Phi) is 5.18. The predicted octanol–water partition coefficient (Wildman–Crippen LogP) is 4.50. The SMILES string of the molecule is Cc1ccc(N2CCN(C(=O)Nc3ncc(Cl)s3)C(C)C2)cc1Cl. The molecule has 1 atom stereocenters. The number of hydrogen-bond acceptors (Lipinski definition) is 4. The lowest BCUT2D eigenvalue weighted by atomic mass is 10.1. The number of aromatic nitrogens is 1. The summed E-state index contributed by atoms with van der Waals surface area (Å²) in [6.07, 6.45) is 1.53. The normalized spacial score (nSPS) is 17.9. The van der Waals surface area contributed by atoms with E-state index < -0.39 is 0 Å². The van der Waals surface area contributed by atoms with Crippen molar-refractivity contribution in [3.8, 4) is 0 Å². The van der Waals surface area contributed by atoms with Crippen LogP contribution in [0.3, 0.4) is 0 Å². The Balaban J connectivity index is 1.64. The molecule has 5 nitrogen and oxygen atoms in total. The molecule has 0 bridgehead atoms. The number of benzene rings is 1. The van der Waals surface area contributed by atoms with Crippen LogP contribution >= 0.6 is 34.5 Å². The Morgan fingerprint density at radius 1 is 1.38 bits per heavy atom. The maximum Gasteiger partial charge on any atom is 0.324 e. The van der Waals surface area contributed by atoms with Crippen LogP contribution in [0, 0.1) is 6.92 Å². The van der Waals surface area contributed by atoms with Gasteiger partial charge in [-0.1, -0.05) is 40.6 Å². The molecule has 8 heteroatoms. The molecule has 2 amide bonds. The molecule has 1 aromatic heterocycles. The van der Waals surface area contributed by atoms with Crippen molar-refractivity contribution in [1.29, 1.82) is 0 Å². The Morgan fingerprint density at radius 3 is 2.79 bits per heavy atom. The monoisotopic (exact) mass is 384 g/mol. The zero-order chi connectivity index (χ0) is 17.3. The van der Waals surface area contributed by atoms with Gasteiger partial charge in [0.15, 0.2) is 5.13 Å². The fourth-order valence-corrected chi connectivity index (χ4v) is 3.72. The Bertz CT molecular complexity index is 751. The highest BCUT2D eigenvalue weighted by molar-refractivity contribution is 7.19. The van der Waals surface area contributed by atoms with Crippen LogP contribution in [0.15, 0.2) is 24.4 Å². The zero-order valence-corrected chi connectivity index (χ0v) is 15.8. The average molecular weight is 385 g/mol. The highest BCUT2D eigenvalue weighted by Gasteiger charge is 2.28. The van der Waals surface area contributed by atoms with Gasteiger partial charge < -0.3 is 9.80 Å². The van der Waals surface area contributed by atoms with Crippen molar-refractivity contribution in [2.24, 2.45) is 0 Å². The summed E-state index contributed by atoms with van der Waals surface area (Å²) in [4.78, 5) is 20.6. The molecular formula is C16H18Cl2N4OS. The quantitative estimate of drug-likeness (QED) is 0.828. The van der Waals surface area contributed by atoms with E-state index in [0.717, 1.165) is 29.4 Å². The Hall–Kier alpha value is -1.50. The second-order valence-corrected chi connectivity index (χ2v) is 7.89. The first kappa shape index (κ1) is 17.3. The van der Waals surface area contributed by atoms with Gasteiger partial charge in [0.25, 0.3) is 0 Å². The van der Waals surface area contributed by atoms with E-state index in [4.69, 9.17) is 23.2 Å². The van der Waals surface area contributed by atoms with E-state index in [1.54, 1.807) is 0 Å². The molecule has 1 N–H and O–H groups in total. The third-order valence-corrected chi connectivity index (χ3v) is 5.54. The van der Waals surface area contributed by atoms with E-state index >= 15 is 0 Å². The third-order valence-electron chi connectivity index (χ3n) is 4.10. The van der Waals surface area contributed by atoms with E-state index in [0.29, 0.717) is 16.0 Å². The van der Waals surface area contributed by atoms with Gasteiger partial charge in [-0.2, -0.15) is 0 Å². The second kappa shape index (κ2) is 7.17. The van der Waals surface area contributed by atoms with Gasteiger partial charge in [0.2, 0.25) is 0 Å². The number of aryl methyl sites for hydroxylation is 1. The highest BCUT2D eigenvalue weighted by Crippen LogP contribution is 2.26. The van der Waals surface area contributed by atoms with E-state index in [1.165, 1.54) is 17.5 Å². The van der Waals surface area contributed by atoms with E-state index in [-0.39, 0.29) is 12.1 Å². The van der Waals surface area contributed by atoms with Crippen molar-refractivity contribution in [2.75, 3.05) is 29.9 Å². The van der Waals surface area contributed by atoms with Crippen LogP contribution in [0.1, 0.15) is 12.5 Å². The molecule has 2 heterocycles. The topological polar surface area (TPSA) is 48.5 Å². The molecule has 3 rings (SSSR count). The highest BCUT2D eigenvalue weighted by atomic mass is 35.5. The number of anilines is 2.